The van der Waals surface area contributed by atoms with Gasteiger partial charge in [0.05, 0.1) is 0 Å². The van der Waals surface area contributed by atoms with Gasteiger partial charge in [0.25, 0.3) is 10.0 Å². The van der Waals surface area contributed by atoms with Crippen molar-refractivity contribution in [3.05, 3.63) is 53.7 Å². The fraction of sp³-hybridized carbons (Fsp3) is 0.0833. The lowest BCUT2D eigenvalue weighted by Gasteiger charge is -2.10. The van der Waals surface area contributed by atoms with Crippen LogP contribution in [0.5, 0.6) is 0 Å². The summed E-state index contributed by atoms with van der Waals surface area (Å²) >= 11 is 0. The van der Waals surface area contributed by atoms with Gasteiger partial charge in [-0.2, -0.15) is 13.2 Å². The average Bonchev–Trinajstić information content (AvgIpc) is 2.40. The molecule has 1 aromatic heterocycles. The topological polar surface area (TPSA) is 59.1 Å². The maximum absolute atomic E-state index is 13.5. The van der Waals surface area contributed by atoms with Gasteiger partial charge in [0.15, 0.2) is 0 Å². The lowest BCUT2D eigenvalue weighted by atomic mass is 10.3. The maximum atomic E-state index is 13.5. The minimum atomic E-state index is -4.77. The first-order valence-electron chi connectivity index (χ1n) is 5.62. The van der Waals surface area contributed by atoms with Crippen molar-refractivity contribution >= 4 is 15.8 Å². The molecule has 0 aliphatic heterocycles. The van der Waals surface area contributed by atoms with Crippen LogP contribution in [0.15, 0.2) is 41.3 Å². The molecule has 0 amide bonds. The SMILES string of the molecule is O=S(=O)(Nc1cccc(C(F)(F)F)n1)c1cc(F)ccc1F. The first kappa shape index (κ1) is 16.1. The van der Waals surface area contributed by atoms with E-state index in [1.807, 2.05) is 0 Å². The monoisotopic (exact) mass is 338 g/mol. The number of hydrogen-bond donors (Lipinski definition) is 1. The van der Waals surface area contributed by atoms with Crippen LogP contribution in [0.3, 0.4) is 0 Å². The summed E-state index contributed by atoms with van der Waals surface area (Å²) in [5.41, 5.74) is -1.33. The minimum absolute atomic E-state index is 0.408. The van der Waals surface area contributed by atoms with Crippen molar-refractivity contribution in [2.75, 3.05) is 4.72 Å². The van der Waals surface area contributed by atoms with Crippen molar-refractivity contribution in [1.29, 1.82) is 0 Å². The van der Waals surface area contributed by atoms with E-state index in [0.717, 1.165) is 12.1 Å². The first-order valence-corrected chi connectivity index (χ1v) is 7.10. The van der Waals surface area contributed by atoms with Crippen molar-refractivity contribution in [2.45, 2.75) is 11.1 Å². The molecule has 10 heteroatoms. The van der Waals surface area contributed by atoms with Gasteiger partial charge < -0.3 is 0 Å². The van der Waals surface area contributed by atoms with Crippen LogP contribution in [0.2, 0.25) is 0 Å². The fourth-order valence-electron chi connectivity index (χ4n) is 1.53. The zero-order valence-electron chi connectivity index (χ0n) is 10.5. The molecule has 0 saturated carbocycles. The fourth-order valence-corrected chi connectivity index (χ4v) is 2.62. The van der Waals surface area contributed by atoms with Gasteiger partial charge in [-0.05, 0) is 30.3 Å². The summed E-state index contributed by atoms with van der Waals surface area (Å²) in [6.45, 7) is 0. The molecule has 0 bridgehead atoms. The molecule has 1 N–H and O–H groups in total. The number of alkyl halides is 3. The van der Waals surface area contributed by atoms with Gasteiger partial charge in [0.2, 0.25) is 0 Å². The van der Waals surface area contributed by atoms with Crippen molar-refractivity contribution in [3.8, 4) is 0 Å². The van der Waals surface area contributed by atoms with E-state index in [4.69, 9.17) is 0 Å². The maximum Gasteiger partial charge on any atom is 0.433 e. The van der Waals surface area contributed by atoms with E-state index in [2.05, 4.69) is 4.98 Å². The van der Waals surface area contributed by atoms with E-state index in [1.54, 1.807) is 4.72 Å². The Kier molecular flexibility index (Phi) is 4.05. The number of hydrogen-bond acceptors (Lipinski definition) is 3. The van der Waals surface area contributed by atoms with E-state index in [1.165, 1.54) is 0 Å². The molecule has 2 aromatic rings. The molecule has 1 heterocycles. The van der Waals surface area contributed by atoms with Gasteiger partial charge in [-0.15, -0.1) is 0 Å². The Morgan fingerprint density at radius 3 is 2.36 bits per heavy atom. The molecule has 0 saturated heterocycles. The van der Waals surface area contributed by atoms with Crippen molar-refractivity contribution in [1.82, 2.24) is 4.98 Å². The van der Waals surface area contributed by atoms with Gasteiger partial charge in [0.1, 0.15) is 28.0 Å². The predicted molar refractivity (Wildman–Crippen MR) is 66.4 cm³/mol. The van der Waals surface area contributed by atoms with Crippen LogP contribution in [-0.2, 0) is 16.2 Å². The molecule has 2 rings (SSSR count). The number of anilines is 1. The van der Waals surface area contributed by atoms with E-state index in [9.17, 15) is 30.4 Å². The Balaban J connectivity index is 2.39. The summed E-state index contributed by atoms with van der Waals surface area (Å²) in [6, 6.07) is 4.21. The van der Waals surface area contributed by atoms with Crippen molar-refractivity contribution in [2.24, 2.45) is 0 Å². The summed E-state index contributed by atoms with van der Waals surface area (Å²) in [5, 5.41) is 0. The van der Waals surface area contributed by atoms with Crippen LogP contribution >= 0.6 is 0 Å². The second-order valence-corrected chi connectivity index (χ2v) is 5.74. The van der Waals surface area contributed by atoms with E-state index >= 15 is 0 Å². The number of sulfonamides is 1. The quantitative estimate of drug-likeness (QED) is 0.875. The Bertz CT molecular complexity index is 805. The van der Waals surface area contributed by atoms with Crippen LogP contribution < -0.4 is 4.72 Å². The predicted octanol–water partition coefficient (Wildman–Crippen LogP) is 3.18. The van der Waals surface area contributed by atoms with Gasteiger partial charge >= 0.3 is 6.18 Å². The molecule has 4 nitrogen and oxygen atoms in total. The van der Waals surface area contributed by atoms with Gasteiger partial charge in [-0.25, -0.2) is 22.2 Å². The van der Waals surface area contributed by atoms with E-state index in [0.29, 0.717) is 24.3 Å². The highest BCUT2D eigenvalue weighted by Crippen LogP contribution is 2.28. The molecule has 1 aromatic carbocycles. The normalized spacial score (nSPS) is 12.2. The molecule has 0 atom stereocenters. The molecule has 0 radical (unpaired) electrons. The average molecular weight is 338 g/mol. The van der Waals surface area contributed by atoms with E-state index in [-0.39, 0.29) is 0 Å². The van der Waals surface area contributed by atoms with Crippen LogP contribution in [-0.4, -0.2) is 13.4 Å². The third kappa shape index (κ3) is 3.50. The largest absolute Gasteiger partial charge is 0.433 e. The Morgan fingerprint density at radius 2 is 1.73 bits per heavy atom. The molecular weight excluding hydrogens is 331 g/mol. The molecule has 0 fully saturated rings. The first-order chi connectivity index (χ1) is 10.1. The van der Waals surface area contributed by atoms with Crippen molar-refractivity contribution < 1.29 is 30.4 Å². The highest BCUT2D eigenvalue weighted by atomic mass is 32.2. The molecule has 118 valence electrons. The number of rotatable bonds is 3. The van der Waals surface area contributed by atoms with Gasteiger partial charge in [0, 0.05) is 0 Å². The van der Waals surface area contributed by atoms with Crippen LogP contribution in [0, 0.1) is 11.6 Å². The number of benzene rings is 1. The smallest absolute Gasteiger partial charge is 0.263 e. The number of nitrogens with one attached hydrogen (secondary N) is 1. The Morgan fingerprint density at radius 1 is 1.05 bits per heavy atom. The highest BCUT2D eigenvalue weighted by Gasteiger charge is 2.33. The van der Waals surface area contributed by atoms with Crippen molar-refractivity contribution in [3.63, 3.8) is 0 Å². The lowest BCUT2D eigenvalue weighted by molar-refractivity contribution is -0.141. The Hall–Kier alpha value is -2.23. The third-order valence-electron chi connectivity index (χ3n) is 2.46. The molecule has 0 spiro atoms. The minimum Gasteiger partial charge on any atom is -0.263 e. The standard InChI is InChI=1S/C12H7F5N2O2S/c13-7-4-5-8(14)9(6-7)22(20,21)19-11-3-1-2-10(18-11)12(15,16)17/h1-6H,(H,18,19). The number of aromatic nitrogens is 1. The number of nitrogens with zero attached hydrogens (tertiary/aromatic N) is 1. The zero-order valence-corrected chi connectivity index (χ0v) is 11.3. The number of pyridine rings is 1. The van der Waals surface area contributed by atoms with Gasteiger partial charge in [-0.1, -0.05) is 6.07 Å². The zero-order chi connectivity index (χ0) is 16.5. The summed E-state index contributed by atoms with van der Waals surface area (Å²) in [7, 11) is -4.62. The summed E-state index contributed by atoms with van der Waals surface area (Å²) in [5.74, 6) is -2.93. The second-order valence-electron chi connectivity index (χ2n) is 4.09. The van der Waals surface area contributed by atoms with Crippen LogP contribution in [0.25, 0.3) is 0 Å². The Labute approximate surface area is 121 Å². The molecule has 0 aliphatic rings. The lowest BCUT2D eigenvalue weighted by Crippen LogP contribution is -2.17. The molecule has 0 unspecified atom stereocenters. The molecule has 0 aliphatic carbocycles. The van der Waals surface area contributed by atoms with E-state index < -0.39 is 44.2 Å². The molecule has 22 heavy (non-hydrogen) atoms. The highest BCUT2D eigenvalue weighted by molar-refractivity contribution is 7.92. The van der Waals surface area contributed by atoms with Crippen LogP contribution in [0.1, 0.15) is 5.69 Å². The van der Waals surface area contributed by atoms with Crippen LogP contribution in [0.4, 0.5) is 27.8 Å². The summed E-state index contributed by atoms with van der Waals surface area (Å²) in [6.07, 6.45) is -4.77. The number of halogens is 5. The summed E-state index contributed by atoms with van der Waals surface area (Å²) < 4.78 is 89.4. The van der Waals surface area contributed by atoms with Gasteiger partial charge in [-0.3, -0.25) is 4.72 Å². The second kappa shape index (κ2) is 5.52. The molecular formula is C12H7F5N2O2S. The summed E-state index contributed by atoms with van der Waals surface area (Å²) in [4.78, 5) is 2.04. The third-order valence-corrected chi connectivity index (χ3v) is 3.83.